The number of nitrogens with zero attached hydrogens (tertiary/aromatic N) is 3. The zero-order valence-corrected chi connectivity index (χ0v) is 13.3. The number of aromatic nitrogens is 3. The van der Waals surface area contributed by atoms with Crippen molar-refractivity contribution >= 4 is 11.0 Å². The first kappa shape index (κ1) is 15.1. The molecule has 0 saturated carbocycles. The Balaban J connectivity index is 1.84. The maximum atomic E-state index is 13.3. The summed E-state index contributed by atoms with van der Waals surface area (Å²) in [6, 6.07) is 23.5. The lowest BCUT2D eigenvalue weighted by molar-refractivity contribution is 0.607. The van der Waals surface area contributed by atoms with Crippen molar-refractivity contribution in [2.45, 2.75) is 6.04 Å². The molecule has 1 heterocycles. The van der Waals surface area contributed by atoms with E-state index in [-0.39, 0.29) is 11.9 Å². The second kappa shape index (κ2) is 6.58. The van der Waals surface area contributed by atoms with Gasteiger partial charge in [-0.25, -0.2) is 9.07 Å². The van der Waals surface area contributed by atoms with Gasteiger partial charge in [-0.2, -0.15) is 0 Å². The summed E-state index contributed by atoms with van der Waals surface area (Å²) in [6.45, 7) is 0. The smallest absolute Gasteiger partial charge is 0.140 e. The van der Waals surface area contributed by atoms with E-state index >= 15 is 0 Å². The Morgan fingerprint density at radius 3 is 2.36 bits per heavy atom. The molecule has 0 amide bonds. The molecule has 3 nitrogen and oxygen atoms in total. The average Bonchev–Trinajstić information content (AvgIpc) is 3.08. The third-order valence-corrected chi connectivity index (χ3v) is 3.93. The van der Waals surface area contributed by atoms with Crippen molar-refractivity contribution in [2.75, 3.05) is 0 Å². The van der Waals surface area contributed by atoms with Crippen LogP contribution in [0.15, 0.2) is 78.9 Å². The lowest BCUT2D eigenvalue weighted by Gasteiger charge is -2.12. The SMILES string of the molecule is Fc1ccc(C(C#Cc2ccccc2)n2nnc3ccccc32)cc1. The van der Waals surface area contributed by atoms with E-state index in [1.54, 1.807) is 16.8 Å². The number of hydrogen-bond acceptors (Lipinski definition) is 2. The second-order valence-corrected chi connectivity index (χ2v) is 5.61. The van der Waals surface area contributed by atoms with E-state index in [1.807, 2.05) is 54.6 Å². The van der Waals surface area contributed by atoms with E-state index in [1.165, 1.54) is 12.1 Å². The standard InChI is InChI=1S/C21H14FN3/c22-18-13-11-17(12-14-18)20(15-10-16-6-2-1-3-7-16)25-21-9-5-4-8-19(21)23-24-25/h1-9,11-14,20H. The van der Waals surface area contributed by atoms with Gasteiger partial charge in [0.2, 0.25) is 0 Å². The summed E-state index contributed by atoms with van der Waals surface area (Å²) in [5, 5.41) is 8.49. The zero-order valence-electron chi connectivity index (χ0n) is 13.3. The molecule has 0 fully saturated rings. The third kappa shape index (κ3) is 3.13. The minimum absolute atomic E-state index is 0.276. The van der Waals surface area contributed by atoms with Crippen LogP contribution in [0.4, 0.5) is 4.39 Å². The topological polar surface area (TPSA) is 30.7 Å². The van der Waals surface area contributed by atoms with Gasteiger partial charge in [-0.1, -0.05) is 59.5 Å². The van der Waals surface area contributed by atoms with E-state index in [0.29, 0.717) is 0 Å². The van der Waals surface area contributed by atoms with E-state index < -0.39 is 0 Å². The highest BCUT2D eigenvalue weighted by Gasteiger charge is 2.15. The fourth-order valence-corrected chi connectivity index (χ4v) is 2.68. The molecule has 0 radical (unpaired) electrons. The van der Waals surface area contributed by atoms with Gasteiger partial charge in [0.1, 0.15) is 17.4 Å². The van der Waals surface area contributed by atoms with Gasteiger partial charge in [0.05, 0.1) is 5.52 Å². The summed E-state index contributed by atoms with van der Waals surface area (Å²) < 4.78 is 15.1. The van der Waals surface area contributed by atoms with Gasteiger partial charge in [0.15, 0.2) is 0 Å². The molecule has 0 N–H and O–H groups in total. The molecule has 4 aromatic rings. The van der Waals surface area contributed by atoms with Crippen LogP contribution in [0.1, 0.15) is 17.2 Å². The largest absolute Gasteiger partial charge is 0.225 e. The molecule has 120 valence electrons. The van der Waals surface area contributed by atoms with Gasteiger partial charge in [0, 0.05) is 5.56 Å². The van der Waals surface area contributed by atoms with Crippen LogP contribution in [-0.4, -0.2) is 15.0 Å². The van der Waals surface area contributed by atoms with Crippen LogP contribution in [0.5, 0.6) is 0 Å². The molecule has 0 saturated heterocycles. The molecule has 0 aliphatic carbocycles. The first-order chi connectivity index (χ1) is 12.3. The number of fused-ring (bicyclic) bond motifs is 1. The maximum absolute atomic E-state index is 13.3. The minimum atomic E-state index is -0.354. The number of hydrogen-bond donors (Lipinski definition) is 0. The third-order valence-electron chi connectivity index (χ3n) is 3.93. The molecule has 1 atom stereocenters. The monoisotopic (exact) mass is 327 g/mol. The molecule has 1 aromatic heterocycles. The molecule has 1 unspecified atom stereocenters. The molecule has 0 spiro atoms. The van der Waals surface area contributed by atoms with Crippen LogP contribution in [-0.2, 0) is 0 Å². The van der Waals surface area contributed by atoms with Crippen LogP contribution < -0.4 is 0 Å². The highest BCUT2D eigenvalue weighted by Crippen LogP contribution is 2.22. The predicted octanol–water partition coefficient (Wildman–Crippen LogP) is 4.21. The molecule has 25 heavy (non-hydrogen) atoms. The van der Waals surface area contributed by atoms with Crippen LogP contribution >= 0.6 is 0 Å². The Morgan fingerprint density at radius 1 is 0.840 bits per heavy atom. The predicted molar refractivity (Wildman–Crippen MR) is 95.4 cm³/mol. The van der Waals surface area contributed by atoms with E-state index in [4.69, 9.17) is 0 Å². The van der Waals surface area contributed by atoms with Crippen molar-refractivity contribution in [1.82, 2.24) is 15.0 Å². The van der Waals surface area contributed by atoms with Crippen molar-refractivity contribution < 1.29 is 4.39 Å². The number of rotatable bonds is 2. The molecule has 0 aliphatic rings. The van der Waals surface area contributed by atoms with Crippen molar-refractivity contribution in [3.05, 3.63) is 95.8 Å². The summed E-state index contributed by atoms with van der Waals surface area (Å²) in [5.74, 6) is 6.16. The Hall–Kier alpha value is -3.45. The van der Waals surface area contributed by atoms with Crippen LogP contribution in [0, 0.1) is 17.7 Å². The fraction of sp³-hybridized carbons (Fsp3) is 0.0476. The van der Waals surface area contributed by atoms with Gasteiger partial charge in [-0.05, 0) is 42.0 Å². The van der Waals surface area contributed by atoms with Crippen molar-refractivity contribution in [2.24, 2.45) is 0 Å². The summed E-state index contributed by atoms with van der Waals surface area (Å²) in [4.78, 5) is 0. The minimum Gasteiger partial charge on any atom is -0.225 e. The quantitative estimate of drug-likeness (QED) is 0.516. The van der Waals surface area contributed by atoms with E-state index in [2.05, 4.69) is 22.2 Å². The molecule has 4 rings (SSSR count). The number of para-hydroxylation sites is 1. The van der Waals surface area contributed by atoms with Gasteiger partial charge < -0.3 is 0 Å². The maximum Gasteiger partial charge on any atom is 0.140 e. The van der Waals surface area contributed by atoms with Gasteiger partial charge in [0.25, 0.3) is 0 Å². The summed E-state index contributed by atoms with van der Waals surface area (Å²) in [6.07, 6.45) is 0. The highest BCUT2D eigenvalue weighted by atomic mass is 19.1. The summed E-state index contributed by atoms with van der Waals surface area (Å²) in [5.41, 5.74) is 3.47. The van der Waals surface area contributed by atoms with Crippen LogP contribution in [0.25, 0.3) is 11.0 Å². The molecule has 0 aliphatic heterocycles. The van der Waals surface area contributed by atoms with Crippen LogP contribution in [0.3, 0.4) is 0 Å². The van der Waals surface area contributed by atoms with Gasteiger partial charge >= 0.3 is 0 Å². The van der Waals surface area contributed by atoms with Crippen LogP contribution in [0.2, 0.25) is 0 Å². The number of benzene rings is 3. The lowest BCUT2D eigenvalue weighted by Crippen LogP contribution is -2.10. The van der Waals surface area contributed by atoms with Crippen molar-refractivity contribution in [3.63, 3.8) is 0 Å². The van der Waals surface area contributed by atoms with Crippen molar-refractivity contribution in [1.29, 1.82) is 0 Å². The van der Waals surface area contributed by atoms with Gasteiger partial charge in [-0.3, -0.25) is 0 Å². The Morgan fingerprint density at radius 2 is 1.56 bits per heavy atom. The number of halogens is 1. The first-order valence-electron chi connectivity index (χ1n) is 7.93. The zero-order chi connectivity index (χ0) is 17.1. The Bertz CT molecular complexity index is 1060. The summed E-state index contributed by atoms with van der Waals surface area (Å²) in [7, 11) is 0. The highest BCUT2D eigenvalue weighted by molar-refractivity contribution is 5.74. The van der Waals surface area contributed by atoms with Gasteiger partial charge in [-0.15, -0.1) is 5.10 Å². The second-order valence-electron chi connectivity index (χ2n) is 5.61. The van der Waals surface area contributed by atoms with E-state index in [9.17, 15) is 4.39 Å². The first-order valence-corrected chi connectivity index (χ1v) is 7.93. The lowest BCUT2D eigenvalue weighted by atomic mass is 10.1. The molecule has 3 aromatic carbocycles. The fourth-order valence-electron chi connectivity index (χ4n) is 2.68. The average molecular weight is 327 g/mol. The van der Waals surface area contributed by atoms with E-state index in [0.717, 1.165) is 22.2 Å². The Labute approximate surface area is 144 Å². The van der Waals surface area contributed by atoms with Crippen molar-refractivity contribution in [3.8, 4) is 11.8 Å². The molecular formula is C21H14FN3. The molecular weight excluding hydrogens is 313 g/mol. The molecule has 0 bridgehead atoms. The molecule has 4 heteroatoms. The summed E-state index contributed by atoms with van der Waals surface area (Å²) >= 11 is 0. The normalized spacial score (nSPS) is 11.7. The Kier molecular flexibility index (Phi) is 3.97.